The summed E-state index contributed by atoms with van der Waals surface area (Å²) >= 11 is 3.12. The molecule has 2 atom stereocenters. The van der Waals surface area contributed by atoms with Crippen LogP contribution in [0, 0.1) is 17.7 Å². The minimum atomic E-state index is -4.30. The zero-order valence-corrected chi connectivity index (χ0v) is 14.9. The number of alkyl halides is 3. The van der Waals surface area contributed by atoms with Gasteiger partial charge in [0.25, 0.3) is 0 Å². The Bertz CT molecular complexity index is 612. The summed E-state index contributed by atoms with van der Waals surface area (Å²) in [7, 11) is 0. The highest BCUT2D eigenvalue weighted by molar-refractivity contribution is 9.10. The molecule has 0 aliphatic carbocycles. The average molecular weight is 427 g/mol. The highest BCUT2D eigenvalue weighted by Gasteiger charge is 2.46. The molecule has 2 rings (SSSR count). The number of piperidine rings is 1. The number of amides is 1. The van der Waals surface area contributed by atoms with Crippen LogP contribution in [0.4, 0.5) is 17.6 Å². The van der Waals surface area contributed by atoms with Crippen LogP contribution in [-0.4, -0.2) is 43.2 Å². The number of benzene rings is 1. The van der Waals surface area contributed by atoms with Crippen LogP contribution in [-0.2, 0) is 4.79 Å². The normalized spacial score (nSPS) is 21.3. The second kappa shape index (κ2) is 8.35. The Morgan fingerprint density at radius 1 is 1.40 bits per heavy atom. The third-order valence-corrected chi connectivity index (χ3v) is 4.77. The first-order valence-electron chi connectivity index (χ1n) is 7.84. The summed E-state index contributed by atoms with van der Waals surface area (Å²) in [5.74, 6) is -3.14. The minimum Gasteiger partial charge on any atom is -0.490 e. The molecule has 25 heavy (non-hydrogen) atoms. The zero-order chi connectivity index (χ0) is 18.6. The molecule has 140 valence electrons. The lowest BCUT2D eigenvalue weighted by Gasteiger charge is -2.38. The van der Waals surface area contributed by atoms with E-state index >= 15 is 0 Å². The summed E-state index contributed by atoms with van der Waals surface area (Å²) in [5.41, 5.74) is 5.45. The van der Waals surface area contributed by atoms with Crippen molar-refractivity contribution in [3.8, 4) is 5.75 Å². The van der Waals surface area contributed by atoms with Gasteiger partial charge in [0.05, 0.1) is 18.9 Å². The van der Waals surface area contributed by atoms with Crippen molar-refractivity contribution in [3.63, 3.8) is 0 Å². The monoisotopic (exact) mass is 426 g/mol. The molecule has 2 N–H and O–H groups in total. The third kappa shape index (κ3) is 5.31. The van der Waals surface area contributed by atoms with Gasteiger partial charge < -0.3 is 15.4 Å². The number of carbonyl (C=O) groups is 1. The van der Waals surface area contributed by atoms with Gasteiger partial charge in [-0.15, -0.1) is 0 Å². The van der Waals surface area contributed by atoms with Crippen LogP contribution in [0.1, 0.15) is 12.8 Å². The van der Waals surface area contributed by atoms with Crippen LogP contribution >= 0.6 is 15.9 Å². The van der Waals surface area contributed by atoms with Gasteiger partial charge in [-0.2, -0.15) is 13.2 Å². The number of nitrogens with two attached hydrogens (primary N) is 1. The Kier molecular flexibility index (Phi) is 6.67. The van der Waals surface area contributed by atoms with Crippen molar-refractivity contribution in [1.82, 2.24) is 4.90 Å². The van der Waals surface area contributed by atoms with Crippen LogP contribution in [0.2, 0.25) is 0 Å². The van der Waals surface area contributed by atoms with Crippen LogP contribution in [0.25, 0.3) is 0 Å². The van der Waals surface area contributed by atoms with E-state index < -0.39 is 23.8 Å². The molecule has 0 aromatic heterocycles. The predicted octanol–water partition coefficient (Wildman–Crippen LogP) is 3.34. The number of hydrogen-bond acceptors (Lipinski definition) is 3. The van der Waals surface area contributed by atoms with Gasteiger partial charge in [0.1, 0.15) is 0 Å². The van der Waals surface area contributed by atoms with E-state index in [0.717, 1.165) is 0 Å². The van der Waals surface area contributed by atoms with E-state index in [0.29, 0.717) is 4.47 Å². The maximum Gasteiger partial charge on any atom is 0.392 e. The third-order valence-electron chi connectivity index (χ3n) is 4.28. The zero-order valence-electron chi connectivity index (χ0n) is 13.4. The largest absolute Gasteiger partial charge is 0.490 e. The summed E-state index contributed by atoms with van der Waals surface area (Å²) in [6, 6.07) is 4.28. The summed E-state index contributed by atoms with van der Waals surface area (Å²) in [5, 5.41) is 0. The molecule has 1 amide bonds. The van der Waals surface area contributed by atoms with Crippen LogP contribution < -0.4 is 10.5 Å². The summed E-state index contributed by atoms with van der Waals surface area (Å²) in [4.78, 5) is 13.5. The number of hydrogen-bond donors (Lipinski definition) is 1. The second-order valence-corrected chi connectivity index (χ2v) is 6.86. The van der Waals surface area contributed by atoms with E-state index in [1.165, 1.54) is 17.0 Å². The fourth-order valence-electron chi connectivity index (χ4n) is 2.93. The summed E-state index contributed by atoms with van der Waals surface area (Å²) < 4.78 is 58.2. The molecule has 1 saturated heterocycles. The molecule has 2 unspecified atom stereocenters. The van der Waals surface area contributed by atoms with Gasteiger partial charge in [0.2, 0.25) is 5.91 Å². The molecule has 1 aromatic rings. The lowest BCUT2D eigenvalue weighted by molar-refractivity contribution is -0.200. The molecule has 1 heterocycles. The van der Waals surface area contributed by atoms with Gasteiger partial charge in [-0.25, -0.2) is 4.39 Å². The first-order valence-corrected chi connectivity index (χ1v) is 8.64. The van der Waals surface area contributed by atoms with Gasteiger partial charge in [-0.1, -0.05) is 15.9 Å². The Balaban J connectivity index is 1.85. The van der Waals surface area contributed by atoms with E-state index in [9.17, 15) is 22.4 Å². The van der Waals surface area contributed by atoms with Crippen molar-refractivity contribution >= 4 is 21.8 Å². The Morgan fingerprint density at radius 2 is 2.12 bits per heavy atom. The van der Waals surface area contributed by atoms with Gasteiger partial charge in [-0.05, 0) is 31.2 Å². The number of ether oxygens (including phenoxy) is 1. The van der Waals surface area contributed by atoms with Crippen molar-refractivity contribution in [1.29, 1.82) is 0 Å². The number of likely N-dealkylation sites (tertiary alicyclic amines) is 1. The second-order valence-electron chi connectivity index (χ2n) is 5.95. The van der Waals surface area contributed by atoms with Crippen LogP contribution in [0.5, 0.6) is 5.75 Å². The van der Waals surface area contributed by atoms with Crippen LogP contribution in [0.3, 0.4) is 0 Å². The predicted molar refractivity (Wildman–Crippen MR) is 87.5 cm³/mol. The molecule has 0 spiro atoms. The van der Waals surface area contributed by atoms with E-state index in [1.807, 2.05) is 0 Å². The molecule has 4 nitrogen and oxygen atoms in total. The van der Waals surface area contributed by atoms with Crippen LogP contribution in [0.15, 0.2) is 22.7 Å². The topological polar surface area (TPSA) is 55.6 Å². The highest BCUT2D eigenvalue weighted by atomic mass is 79.9. The highest BCUT2D eigenvalue weighted by Crippen LogP contribution is 2.37. The minimum absolute atomic E-state index is 0.0200. The van der Waals surface area contributed by atoms with Crippen molar-refractivity contribution < 1.29 is 27.1 Å². The standard InChI is InChI=1S/C16H19BrF4N2O2/c17-11-1-2-14(13(18)7-11)25-6-4-15(24)23-5-3-12(16(19,20)21)10(8-22)9-23/h1-2,7,10,12H,3-6,8-9,22H2. The summed E-state index contributed by atoms with van der Waals surface area (Å²) in [6.45, 7) is -0.170. The smallest absolute Gasteiger partial charge is 0.392 e. The summed E-state index contributed by atoms with van der Waals surface area (Å²) in [6.07, 6.45) is -4.50. The lowest BCUT2D eigenvalue weighted by Crippen LogP contribution is -2.50. The molecule has 1 aliphatic heterocycles. The average Bonchev–Trinajstić information content (AvgIpc) is 2.55. The van der Waals surface area contributed by atoms with E-state index in [1.54, 1.807) is 6.07 Å². The maximum absolute atomic E-state index is 13.6. The van der Waals surface area contributed by atoms with Crippen molar-refractivity contribution in [3.05, 3.63) is 28.5 Å². The fraction of sp³-hybridized carbons (Fsp3) is 0.562. The van der Waals surface area contributed by atoms with Crippen molar-refractivity contribution in [2.75, 3.05) is 26.2 Å². The molecule has 1 fully saturated rings. The Hall–Kier alpha value is -1.35. The molecule has 0 radical (unpaired) electrons. The number of rotatable bonds is 5. The van der Waals surface area contributed by atoms with Crippen molar-refractivity contribution in [2.45, 2.75) is 19.0 Å². The van der Waals surface area contributed by atoms with E-state index in [2.05, 4.69) is 15.9 Å². The Labute approximate surface area is 151 Å². The molecule has 9 heteroatoms. The molecule has 0 saturated carbocycles. The lowest BCUT2D eigenvalue weighted by atomic mass is 9.85. The maximum atomic E-state index is 13.6. The van der Waals surface area contributed by atoms with E-state index in [4.69, 9.17) is 10.5 Å². The van der Waals surface area contributed by atoms with Gasteiger partial charge in [0.15, 0.2) is 11.6 Å². The van der Waals surface area contributed by atoms with E-state index in [-0.39, 0.29) is 50.7 Å². The van der Waals surface area contributed by atoms with Gasteiger partial charge >= 0.3 is 6.18 Å². The number of nitrogens with zero attached hydrogens (tertiary/aromatic N) is 1. The van der Waals surface area contributed by atoms with Gasteiger partial charge in [0, 0.05) is 23.5 Å². The quantitative estimate of drug-likeness (QED) is 0.734. The first-order chi connectivity index (χ1) is 11.7. The number of halogens is 5. The number of carbonyl (C=O) groups excluding carboxylic acids is 1. The molecule has 0 bridgehead atoms. The molecular formula is C16H19BrF4N2O2. The van der Waals surface area contributed by atoms with Gasteiger partial charge in [-0.3, -0.25) is 4.79 Å². The molecule has 1 aliphatic rings. The molecular weight excluding hydrogens is 408 g/mol. The SMILES string of the molecule is NCC1CN(C(=O)CCOc2ccc(Br)cc2F)CCC1C(F)(F)F. The Morgan fingerprint density at radius 3 is 2.72 bits per heavy atom. The fourth-order valence-corrected chi connectivity index (χ4v) is 3.26. The molecule has 1 aromatic carbocycles. The first kappa shape index (κ1) is 20.0. The van der Waals surface area contributed by atoms with Crippen molar-refractivity contribution in [2.24, 2.45) is 17.6 Å².